The second kappa shape index (κ2) is 7.06. The van der Waals surface area contributed by atoms with E-state index in [1.54, 1.807) is 12.1 Å². The van der Waals surface area contributed by atoms with E-state index in [9.17, 15) is 18.3 Å². The molecule has 134 valence electrons. The molecule has 0 amide bonds. The Labute approximate surface area is 145 Å². The van der Waals surface area contributed by atoms with E-state index in [0.717, 1.165) is 44.0 Å². The average Bonchev–Trinajstić information content (AvgIpc) is 2.61. The summed E-state index contributed by atoms with van der Waals surface area (Å²) in [5, 5.41) is 10.7. The summed E-state index contributed by atoms with van der Waals surface area (Å²) in [7, 11) is 2.06. The Balaban J connectivity index is 1.92. The number of hydrogen-bond acceptors (Lipinski definition) is 3. The van der Waals surface area contributed by atoms with Crippen molar-refractivity contribution < 1.29 is 18.3 Å². The van der Waals surface area contributed by atoms with Gasteiger partial charge in [-0.1, -0.05) is 30.3 Å². The molecular formula is C19H21F3N2O. The van der Waals surface area contributed by atoms with E-state index in [0.29, 0.717) is 5.56 Å². The molecule has 1 atom stereocenters. The average molecular weight is 350 g/mol. The number of piperazine rings is 1. The first-order valence-electron chi connectivity index (χ1n) is 8.24. The molecule has 1 fully saturated rings. The molecule has 0 aromatic heterocycles. The highest BCUT2D eigenvalue weighted by Crippen LogP contribution is 2.35. The third-order valence-electron chi connectivity index (χ3n) is 4.60. The van der Waals surface area contributed by atoms with Crippen LogP contribution in [-0.2, 0) is 6.18 Å². The first-order chi connectivity index (χ1) is 11.9. The minimum atomic E-state index is -4.42. The number of para-hydroxylation sites is 1. The summed E-state index contributed by atoms with van der Waals surface area (Å²) in [5.41, 5.74) is 1.00. The van der Waals surface area contributed by atoms with Crippen LogP contribution < -0.4 is 4.90 Å². The highest BCUT2D eigenvalue weighted by Gasteiger charge is 2.31. The van der Waals surface area contributed by atoms with Crippen molar-refractivity contribution in [1.82, 2.24) is 4.90 Å². The van der Waals surface area contributed by atoms with E-state index < -0.39 is 17.8 Å². The molecule has 1 heterocycles. The van der Waals surface area contributed by atoms with Gasteiger partial charge in [-0.05, 0) is 30.8 Å². The number of benzene rings is 2. The molecule has 6 heteroatoms. The van der Waals surface area contributed by atoms with Crippen LogP contribution in [0.3, 0.4) is 0 Å². The largest absolute Gasteiger partial charge is 0.416 e. The number of aliphatic hydroxyl groups is 1. The van der Waals surface area contributed by atoms with Gasteiger partial charge in [0.05, 0.1) is 5.56 Å². The van der Waals surface area contributed by atoms with Gasteiger partial charge < -0.3 is 14.9 Å². The smallest absolute Gasteiger partial charge is 0.384 e. The van der Waals surface area contributed by atoms with Gasteiger partial charge in [0.25, 0.3) is 0 Å². The van der Waals surface area contributed by atoms with E-state index in [1.165, 1.54) is 12.1 Å². The molecular weight excluding hydrogens is 329 g/mol. The molecule has 2 aromatic carbocycles. The van der Waals surface area contributed by atoms with E-state index >= 15 is 0 Å². The zero-order valence-electron chi connectivity index (χ0n) is 14.0. The molecule has 3 nitrogen and oxygen atoms in total. The van der Waals surface area contributed by atoms with Gasteiger partial charge >= 0.3 is 6.18 Å². The van der Waals surface area contributed by atoms with E-state index in [2.05, 4.69) is 16.8 Å². The lowest BCUT2D eigenvalue weighted by Crippen LogP contribution is -2.44. The topological polar surface area (TPSA) is 26.7 Å². The molecule has 1 aliphatic rings. The fourth-order valence-corrected chi connectivity index (χ4v) is 3.12. The zero-order valence-corrected chi connectivity index (χ0v) is 14.0. The molecule has 1 unspecified atom stereocenters. The van der Waals surface area contributed by atoms with Crippen molar-refractivity contribution >= 4 is 5.69 Å². The van der Waals surface area contributed by atoms with Crippen LogP contribution in [0.15, 0.2) is 48.5 Å². The van der Waals surface area contributed by atoms with Crippen LogP contribution in [0.5, 0.6) is 0 Å². The van der Waals surface area contributed by atoms with Crippen molar-refractivity contribution in [3.05, 3.63) is 65.2 Å². The van der Waals surface area contributed by atoms with Gasteiger partial charge in [-0.3, -0.25) is 0 Å². The molecule has 1 aliphatic heterocycles. The number of anilines is 1. The molecule has 25 heavy (non-hydrogen) atoms. The number of aliphatic hydroxyl groups excluding tert-OH is 1. The standard InChI is InChI=1S/C19H21F3N2O/c1-23-9-11-24(12-10-23)17-8-3-2-7-16(17)18(25)14-5-4-6-15(13-14)19(20,21)22/h2-8,13,18,25H,9-12H2,1H3. The van der Waals surface area contributed by atoms with Crippen molar-refractivity contribution in [3.63, 3.8) is 0 Å². The van der Waals surface area contributed by atoms with Gasteiger partial charge in [0, 0.05) is 37.4 Å². The van der Waals surface area contributed by atoms with Crippen molar-refractivity contribution in [2.45, 2.75) is 12.3 Å². The predicted molar refractivity (Wildman–Crippen MR) is 91.7 cm³/mol. The quantitative estimate of drug-likeness (QED) is 0.917. The van der Waals surface area contributed by atoms with Crippen molar-refractivity contribution in [1.29, 1.82) is 0 Å². The Hall–Kier alpha value is -2.05. The Morgan fingerprint density at radius 1 is 0.960 bits per heavy atom. The summed E-state index contributed by atoms with van der Waals surface area (Å²) in [6, 6.07) is 12.3. The van der Waals surface area contributed by atoms with Gasteiger partial charge in [-0.15, -0.1) is 0 Å². The highest BCUT2D eigenvalue weighted by atomic mass is 19.4. The van der Waals surface area contributed by atoms with E-state index in [4.69, 9.17) is 0 Å². The lowest BCUT2D eigenvalue weighted by Gasteiger charge is -2.35. The van der Waals surface area contributed by atoms with Gasteiger partial charge in [-0.25, -0.2) is 0 Å². The monoisotopic (exact) mass is 350 g/mol. The fourth-order valence-electron chi connectivity index (χ4n) is 3.12. The summed E-state index contributed by atoms with van der Waals surface area (Å²) < 4.78 is 38.8. The summed E-state index contributed by atoms with van der Waals surface area (Å²) in [5.74, 6) is 0. The number of nitrogens with zero attached hydrogens (tertiary/aromatic N) is 2. The van der Waals surface area contributed by atoms with Crippen molar-refractivity contribution in [2.75, 3.05) is 38.1 Å². The second-order valence-electron chi connectivity index (χ2n) is 6.37. The molecule has 0 saturated carbocycles. The Bertz CT molecular complexity index is 725. The summed E-state index contributed by atoms with van der Waals surface area (Å²) in [6.07, 6.45) is -5.52. The number of halogens is 3. The van der Waals surface area contributed by atoms with E-state index in [-0.39, 0.29) is 5.56 Å². The number of rotatable bonds is 3. The molecule has 0 spiro atoms. The van der Waals surface area contributed by atoms with Crippen LogP contribution in [0, 0.1) is 0 Å². The first kappa shape index (κ1) is 17.8. The summed E-state index contributed by atoms with van der Waals surface area (Å²) in [6.45, 7) is 3.47. The Morgan fingerprint density at radius 2 is 1.64 bits per heavy atom. The maximum absolute atomic E-state index is 12.9. The number of alkyl halides is 3. The van der Waals surface area contributed by atoms with Crippen LogP contribution in [0.1, 0.15) is 22.8 Å². The van der Waals surface area contributed by atoms with Gasteiger partial charge in [0.1, 0.15) is 6.10 Å². The normalized spacial score (nSPS) is 17.6. The minimum absolute atomic E-state index is 0.247. The SMILES string of the molecule is CN1CCN(c2ccccc2C(O)c2cccc(C(F)(F)F)c2)CC1. The lowest BCUT2D eigenvalue weighted by atomic mass is 9.97. The molecule has 0 radical (unpaired) electrons. The first-order valence-corrected chi connectivity index (χ1v) is 8.24. The lowest BCUT2D eigenvalue weighted by molar-refractivity contribution is -0.137. The van der Waals surface area contributed by atoms with Gasteiger partial charge in [0.2, 0.25) is 0 Å². The Kier molecular flexibility index (Phi) is 5.01. The van der Waals surface area contributed by atoms with Crippen molar-refractivity contribution in [3.8, 4) is 0 Å². The molecule has 3 rings (SSSR count). The third-order valence-corrected chi connectivity index (χ3v) is 4.60. The second-order valence-corrected chi connectivity index (χ2v) is 6.37. The van der Waals surface area contributed by atoms with Crippen LogP contribution in [0.2, 0.25) is 0 Å². The molecule has 2 aromatic rings. The third kappa shape index (κ3) is 3.96. The maximum Gasteiger partial charge on any atom is 0.416 e. The van der Waals surface area contributed by atoms with Crippen LogP contribution in [0.4, 0.5) is 18.9 Å². The molecule has 1 saturated heterocycles. The number of likely N-dealkylation sites (N-methyl/N-ethyl adjacent to an activating group) is 1. The fraction of sp³-hybridized carbons (Fsp3) is 0.368. The molecule has 1 N–H and O–H groups in total. The maximum atomic E-state index is 12.9. The Morgan fingerprint density at radius 3 is 2.32 bits per heavy atom. The van der Waals surface area contributed by atoms with Crippen molar-refractivity contribution in [2.24, 2.45) is 0 Å². The number of hydrogen-bond donors (Lipinski definition) is 1. The van der Waals surface area contributed by atoms with Crippen LogP contribution >= 0.6 is 0 Å². The summed E-state index contributed by atoms with van der Waals surface area (Å²) >= 11 is 0. The summed E-state index contributed by atoms with van der Waals surface area (Å²) in [4.78, 5) is 4.40. The van der Waals surface area contributed by atoms with Crippen LogP contribution in [-0.4, -0.2) is 43.2 Å². The predicted octanol–water partition coefficient (Wildman–Crippen LogP) is 3.54. The minimum Gasteiger partial charge on any atom is -0.384 e. The van der Waals surface area contributed by atoms with Crippen LogP contribution in [0.25, 0.3) is 0 Å². The van der Waals surface area contributed by atoms with E-state index in [1.807, 2.05) is 12.1 Å². The van der Waals surface area contributed by atoms with Gasteiger partial charge in [0.15, 0.2) is 0 Å². The highest BCUT2D eigenvalue weighted by molar-refractivity contribution is 5.57. The molecule has 0 aliphatic carbocycles. The van der Waals surface area contributed by atoms with Gasteiger partial charge in [-0.2, -0.15) is 13.2 Å². The zero-order chi connectivity index (χ0) is 18.0. The molecule has 0 bridgehead atoms.